The molecule has 0 aromatic heterocycles. The first kappa shape index (κ1) is 31.1. The van der Waals surface area contributed by atoms with Gasteiger partial charge < -0.3 is 30.4 Å². The second-order valence-electron chi connectivity index (χ2n) is 7.93. The van der Waals surface area contributed by atoms with E-state index >= 15 is 0 Å². The number of hydrogen-bond donors (Lipinski definition) is 2. The van der Waals surface area contributed by atoms with Gasteiger partial charge in [-0.3, -0.25) is 0 Å². The number of ether oxygens (including phenoxy) is 4. The predicted molar refractivity (Wildman–Crippen MR) is 132 cm³/mol. The van der Waals surface area contributed by atoms with E-state index in [4.69, 9.17) is 30.4 Å². The van der Waals surface area contributed by atoms with Crippen LogP contribution in [0.2, 0.25) is 0 Å². The Bertz CT molecular complexity index is 1210. The highest BCUT2D eigenvalue weighted by Gasteiger charge is 2.45. The van der Waals surface area contributed by atoms with E-state index in [1.54, 1.807) is 0 Å². The van der Waals surface area contributed by atoms with Crippen LogP contribution < -0.4 is 11.5 Å². The standard InChI is InChI=1S/C20H32N2O12S3/c1-29-17-5-7-19(31-3,13-15(17)21)35(23,24)11-9-33-37(27,28)34-10-12-36(25,26)20(32-4)8-6-18(30-2)16(22)14-20/h5-8H,9-14,21-22H2,1-4H3. The van der Waals surface area contributed by atoms with Gasteiger partial charge in [0.1, 0.15) is 11.5 Å². The van der Waals surface area contributed by atoms with Crippen LogP contribution in [0.1, 0.15) is 12.8 Å². The predicted octanol–water partition coefficient (Wildman–Crippen LogP) is -0.667. The zero-order valence-corrected chi connectivity index (χ0v) is 23.3. The van der Waals surface area contributed by atoms with Gasteiger partial charge in [-0.15, -0.1) is 0 Å². The molecule has 2 unspecified atom stereocenters. The summed E-state index contributed by atoms with van der Waals surface area (Å²) in [6.45, 7) is -1.63. The second-order valence-corrected chi connectivity index (χ2v) is 13.9. The molecule has 0 heterocycles. The van der Waals surface area contributed by atoms with Crippen LogP contribution in [0, 0.1) is 0 Å². The van der Waals surface area contributed by atoms with Gasteiger partial charge in [-0.05, 0) is 24.3 Å². The first-order valence-electron chi connectivity index (χ1n) is 10.7. The van der Waals surface area contributed by atoms with Crippen molar-refractivity contribution in [2.24, 2.45) is 11.5 Å². The fraction of sp³-hybridized carbons (Fsp3) is 0.600. The molecule has 2 atom stereocenters. The van der Waals surface area contributed by atoms with Crippen LogP contribution in [-0.2, 0) is 57.4 Å². The van der Waals surface area contributed by atoms with Crippen LogP contribution in [0.3, 0.4) is 0 Å². The summed E-state index contributed by atoms with van der Waals surface area (Å²) in [5.41, 5.74) is 12.0. The van der Waals surface area contributed by atoms with E-state index in [0.29, 0.717) is 0 Å². The van der Waals surface area contributed by atoms with E-state index in [0.717, 1.165) is 0 Å². The maximum Gasteiger partial charge on any atom is 0.399 e. The number of sulfone groups is 2. The molecule has 4 N–H and O–H groups in total. The minimum atomic E-state index is -4.74. The summed E-state index contributed by atoms with van der Waals surface area (Å²) in [7, 11) is -7.93. The Morgan fingerprint density at radius 3 is 1.32 bits per heavy atom. The van der Waals surface area contributed by atoms with Gasteiger partial charge in [0, 0.05) is 27.1 Å². The van der Waals surface area contributed by atoms with Crippen molar-refractivity contribution < 1.29 is 52.6 Å². The summed E-state index contributed by atoms with van der Waals surface area (Å²) in [5, 5.41) is 0. The molecule has 0 saturated carbocycles. The zero-order valence-electron chi connectivity index (χ0n) is 20.8. The molecule has 2 rings (SSSR count). The number of methoxy groups -OCH3 is 4. The lowest BCUT2D eigenvalue weighted by Gasteiger charge is -2.32. The number of hydrogen-bond acceptors (Lipinski definition) is 14. The smallest absolute Gasteiger partial charge is 0.399 e. The van der Waals surface area contributed by atoms with Gasteiger partial charge in [0.25, 0.3) is 0 Å². The minimum absolute atomic E-state index is 0.130. The molecule has 0 amide bonds. The van der Waals surface area contributed by atoms with E-state index in [9.17, 15) is 25.3 Å². The van der Waals surface area contributed by atoms with E-state index < -0.39 is 64.7 Å². The third-order valence-electron chi connectivity index (χ3n) is 5.83. The van der Waals surface area contributed by atoms with Crippen molar-refractivity contribution in [3.05, 3.63) is 47.2 Å². The topological polar surface area (TPSA) is 210 Å². The fourth-order valence-electron chi connectivity index (χ4n) is 3.67. The third-order valence-corrected chi connectivity index (χ3v) is 11.1. The minimum Gasteiger partial charge on any atom is -0.495 e. The lowest BCUT2D eigenvalue weighted by Crippen LogP contribution is -2.44. The van der Waals surface area contributed by atoms with Crippen molar-refractivity contribution >= 4 is 30.1 Å². The molecule has 0 spiro atoms. The largest absolute Gasteiger partial charge is 0.495 e. The number of allylic oxidation sites excluding steroid dienone is 2. The van der Waals surface area contributed by atoms with Crippen LogP contribution in [-0.4, -0.2) is 88.3 Å². The monoisotopic (exact) mass is 588 g/mol. The highest BCUT2D eigenvalue weighted by atomic mass is 32.3. The molecule has 0 fully saturated rings. The maximum absolute atomic E-state index is 12.9. The molecule has 212 valence electrons. The van der Waals surface area contributed by atoms with Crippen molar-refractivity contribution in [1.82, 2.24) is 0 Å². The highest BCUT2D eigenvalue weighted by molar-refractivity contribution is 7.93. The van der Waals surface area contributed by atoms with E-state index in [1.165, 1.54) is 52.7 Å². The molecular weight excluding hydrogens is 556 g/mol. The zero-order chi connectivity index (χ0) is 28.1. The Morgan fingerprint density at radius 1 is 0.703 bits per heavy atom. The molecule has 0 aliphatic heterocycles. The van der Waals surface area contributed by atoms with E-state index in [2.05, 4.69) is 8.37 Å². The third kappa shape index (κ3) is 6.65. The summed E-state index contributed by atoms with van der Waals surface area (Å²) in [6, 6.07) is 0. The lowest BCUT2D eigenvalue weighted by molar-refractivity contribution is 0.0962. The van der Waals surface area contributed by atoms with Gasteiger partial charge in [-0.25, -0.2) is 25.2 Å². The Balaban J connectivity index is 1.97. The van der Waals surface area contributed by atoms with Crippen molar-refractivity contribution in [1.29, 1.82) is 0 Å². The number of nitrogens with two attached hydrogens (primary N) is 2. The Hall–Kier alpha value is -2.15. The SMILES string of the molecule is COC1=C(N)CC(OC)(S(=O)(=O)CCOS(=O)(=O)OCCS(=O)(=O)C2(OC)C=CC(OC)=C(N)C2)C=C1. The van der Waals surface area contributed by atoms with Crippen LogP contribution in [0.4, 0.5) is 0 Å². The molecule has 0 bridgehead atoms. The summed E-state index contributed by atoms with van der Waals surface area (Å²) in [4.78, 5) is -3.69. The molecule has 37 heavy (non-hydrogen) atoms. The summed E-state index contributed by atoms with van der Waals surface area (Å²) in [6.07, 6.45) is 4.69. The molecule has 0 radical (unpaired) electrons. The summed E-state index contributed by atoms with van der Waals surface area (Å²) < 4.78 is 105. The molecule has 17 heteroatoms. The number of rotatable bonds is 14. The van der Waals surface area contributed by atoms with E-state index in [-0.39, 0.29) is 35.8 Å². The Kier molecular flexibility index (Phi) is 9.83. The van der Waals surface area contributed by atoms with Gasteiger partial charge in [0.15, 0.2) is 29.5 Å². The lowest BCUT2D eigenvalue weighted by atomic mass is 10.1. The molecule has 0 saturated heterocycles. The molecule has 2 aliphatic rings. The average Bonchev–Trinajstić information content (AvgIpc) is 2.82. The Labute approximate surface area is 217 Å². The van der Waals surface area contributed by atoms with Gasteiger partial charge >= 0.3 is 10.4 Å². The van der Waals surface area contributed by atoms with Crippen LogP contribution in [0.15, 0.2) is 47.2 Å². The van der Waals surface area contributed by atoms with Crippen molar-refractivity contribution in [3.63, 3.8) is 0 Å². The van der Waals surface area contributed by atoms with Crippen LogP contribution in [0.5, 0.6) is 0 Å². The summed E-state index contributed by atoms with van der Waals surface area (Å²) >= 11 is 0. The Morgan fingerprint density at radius 2 is 1.05 bits per heavy atom. The van der Waals surface area contributed by atoms with Crippen molar-refractivity contribution in [2.45, 2.75) is 22.7 Å². The van der Waals surface area contributed by atoms with E-state index in [1.807, 2.05) is 0 Å². The van der Waals surface area contributed by atoms with Crippen LogP contribution in [0.25, 0.3) is 0 Å². The first-order chi connectivity index (χ1) is 17.1. The second kappa shape index (κ2) is 11.7. The van der Waals surface area contributed by atoms with Gasteiger partial charge in [-0.2, -0.15) is 8.42 Å². The highest BCUT2D eigenvalue weighted by Crippen LogP contribution is 2.34. The van der Waals surface area contributed by atoms with Crippen molar-refractivity contribution in [3.8, 4) is 0 Å². The van der Waals surface area contributed by atoms with Gasteiger partial charge in [0.05, 0.1) is 50.3 Å². The molecule has 0 aromatic carbocycles. The van der Waals surface area contributed by atoms with Gasteiger partial charge in [-0.1, -0.05) is 0 Å². The fourth-order valence-corrected chi connectivity index (χ4v) is 7.63. The molecule has 2 aliphatic carbocycles. The average molecular weight is 589 g/mol. The van der Waals surface area contributed by atoms with Crippen LogP contribution >= 0.6 is 0 Å². The van der Waals surface area contributed by atoms with Crippen molar-refractivity contribution in [2.75, 3.05) is 53.2 Å². The normalized spacial score (nSPS) is 25.0. The molecule has 0 aromatic rings. The molecule has 14 nitrogen and oxygen atoms in total. The first-order valence-corrected chi connectivity index (χ1v) is 15.3. The quantitative estimate of drug-likeness (QED) is 0.258. The maximum atomic E-state index is 12.9. The van der Waals surface area contributed by atoms with Gasteiger partial charge in [0.2, 0.25) is 0 Å². The molecular formula is C20H32N2O12S3. The summed E-state index contributed by atoms with van der Waals surface area (Å²) in [5.74, 6) is -0.983.